The molecule has 9 heteroatoms. The van der Waals surface area contributed by atoms with E-state index in [1.165, 1.54) is 30.6 Å². The van der Waals surface area contributed by atoms with Gasteiger partial charge in [0.2, 0.25) is 5.91 Å². The minimum absolute atomic E-state index is 0.232. The zero-order valence-electron chi connectivity index (χ0n) is 13.8. The smallest absolute Gasteiger partial charge is 0.339 e. The minimum Gasteiger partial charge on any atom is -0.497 e. The molecule has 0 aliphatic carbocycles. The number of nitrogens with one attached hydrogen (secondary N) is 1. The molecule has 134 valence electrons. The molecule has 1 saturated heterocycles. The number of anilines is 1. The first-order chi connectivity index (χ1) is 12.5. The van der Waals surface area contributed by atoms with Crippen LogP contribution in [0.15, 0.2) is 41.8 Å². The van der Waals surface area contributed by atoms with E-state index in [9.17, 15) is 19.2 Å². The van der Waals surface area contributed by atoms with E-state index in [-0.39, 0.29) is 5.69 Å². The van der Waals surface area contributed by atoms with Crippen LogP contribution >= 0.6 is 11.3 Å². The maximum Gasteiger partial charge on any atom is 0.339 e. The van der Waals surface area contributed by atoms with Gasteiger partial charge in [-0.3, -0.25) is 14.4 Å². The number of nitrogens with zero attached hydrogens (tertiary/aromatic N) is 2. The van der Waals surface area contributed by atoms with Crippen molar-refractivity contribution in [2.75, 3.05) is 18.6 Å². The molecule has 1 aromatic carbocycles. The summed E-state index contributed by atoms with van der Waals surface area (Å²) in [6.45, 7) is -0.218. The fourth-order valence-corrected chi connectivity index (χ4v) is 3.05. The maximum atomic E-state index is 12.5. The lowest BCUT2D eigenvalue weighted by Gasteiger charge is -2.15. The zero-order chi connectivity index (χ0) is 18.7. The van der Waals surface area contributed by atoms with E-state index < -0.39 is 30.3 Å². The third kappa shape index (κ3) is 3.42. The average molecular weight is 373 g/mol. The SMILES string of the molecule is COc1ccc(N2C(=O)C(=O)N(CC(=O)NCc3cccs3)C2=O)cc1. The molecule has 1 aromatic heterocycles. The fraction of sp³-hybridized carbons (Fsp3) is 0.176. The second kappa shape index (κ2) is 7.36. The summed E-state index contributed by atoms with van der Waals surface area (Å²) in [6, 6.07) is 8.96. The molecule has 2 heterocycles. The Morgan fingerprint density at radius 3 is 2.46 bits per heavy atom. The molecule has 0 radical (unpaired) electrons. The van der Waals surface area contributed by atoms with Gasteiger partial charge in [-0.25, -0.2) is 14.6 Å². The Kier molecular flexibility index (Phi) is 4.99. The molecule has 1 aliphatic rings. The third-order valence-corrected chi connectivity index (χ3v) is 4.60. The Bertz CT molecular complexity index is 848. The number of methoxy groups -OCH3 is 1. The van der Waals surface area contributed by atoms with E-state index in [0.29, 0.717) is 17.2 Å². The molecule has 0 atom stereocenters. The van der Waals surface area contributed by atoms with Gasteiger partial charge in [-0.05, 0) is 35.7 Å². The fourth-order valence-electron chi connectivity index (χ4n) is 2.40. The van der Waals surface area contributed by atoms with Gasteiger partial charge < -0.3 is 10.1 Å². The number of rotatable bonds is 6. The lowest BCUT2D eigenvalue weighted by Crippen LogP contribution is -2.41. The highest BCUT2D eigenvalue weighted by atomic mass is 32.1. The van der Waals surface area contributed by atoms with Gasteiger partial charge in [0, 0.05) is 4.88 Å². The largest absolute Gasteiger partial charge is 0.497 e. The van der Waals surface area contributed by atoms with E-state index in [4.69, 9.17) is 4.74 Å². The molecule has 1 fully saturated rings. The van der Waals surface area contributed by atoms with Gasteiger partial charge in [-0.15, -0.1) is 11.3 Å². The summed E-state index contributed by atoms with van der Waals surface area (Å²) in [7, 11) is 1.49. The van der Waals surface area contributed by atoms with Crippen molar-refractivity contribution in [3.05, 3.63) is 46.7 Å². The molecule has 5 amide bonds. The number of imide groups is 2. The van der Waals surface area contributed by atoms with Gasteiger partial charge in [0.25, 0.3) is 0 Å². The van der Waals surface area contributed by atoms with Gasteiger partial charge in [-0.2, -0.15) is 0 Å². The Balaban J connectivity index is 1.68. The standard InChI is InChI=1S/C17H15N3O5S/c1-25-12-6-4-11(5-7-12)20-16(23)15(22)19(17(20)24)10-14(21)18-9-13-3-2-8-26-13/h2-8H,9-10H2,1H3,(H,18,21). The van der Waals surface area contributed by atoms with Crippen LogP contribution in [-0.4, -0.2) is 42.3 Å². The molecule has 0 spiro atoms. The highest BCUT2D eigenvalue weighted by Gasteiger charge is 2.46. The van der Waals surface area contributed by atoms with Crippen LogP contribution in [0.3, 0.4) is 0 Å². The topological polar surface area (TPSA) is 96.0 Å². The molecule has 0 saturated carbocycles. The van der Waals surface area contributed by atoms with Crippen molar-refractivity contribution >= 4 is 40.8 Å². The Morgan fingerprint density at radius 2 is 1.85 bits per heavy atom. The van der Waals surface area contributed by atoms with Gasteiger partial charge in [0.05, 0.1) is 19.3 Å². The number of ether oxygens (including phenoxy) is 1. The molecular formula is C17H15N3O5S. The second-order valence-electron chi connectivity index (χ2n) is 5.37. The molecule has 8 nitrogen and oxygen atoms in total. The van der Waals surface area contributed by atoms with Crippen molar-refractivity contribution in [2.24, 2.45) is 0 Å². The van der Waals surface area contributed by atoms with Crippen LogP contribution in [0, 0.1) is 0 Å². The van der Waals surface area contributed by atoms with Crippen molar-refractivity contribution in [3.8, 4) is 5.75 Å². The summed E-state index contributed by atoms with van der Waals surface area (Å²) in [4.78, 5) is 51.1. The molecular weight excluding hydrogens is 358 g/mol. The van der Waals surface area contributed by atoms with E-state index in [2.05, 4.69) is 5.32 Å². The summed E-state index contributed by atoms with van der Waals surface area (Å²) in [6.07, 6.45) is 0. The first-order valence-electron chi connectivity index (χ1n) is 7.64. The van der Waals surface area contributed by atoms with Crippen LogP contribution < -0.4 is 15.0 Å². The van der Waals surface area contributed by atoms with Crippen molar-refractivity contribution in [2.45, 2.75) is 6.54 Å². The molecule has 1 N–H and O–H groups in total. The van der Waals surface area contributed by atoms with Crippen molar-refractivity contribution in [1.82, 2.24) is 10.2 Å². The summed E-state index contributed by atoms with van der Waals surface area (Å²) in [5, 5.41) is 4.49. The van der Waals surface area contributed by atoms with Crippen LogP contribution in [-0.2, 0) is 20.9 Å². The van der Waals surface area contributed by atoms with Crippen LogP contribution in [0.4, 0.5) is 10.5 Å². The van der Waals surface area contributed by atoms with E-state index in [1.807, 2.05) is 17.5 Å². The number of hydrogen-bond donors (Lipinski definition) is 1. The Labute approximate surface area is 153 Å². The highest BCUT2D eigenvalue weighted by molar-refractivity contribution is 7.09. The van der Waals surface area contributed by atoms with Crippen molar-refractivity contribution < 1.29 is 23.9 Å². The molecule has 3 rings (SSSR count). The molecule has 1 aliphatic heterocycles. The summed E-state index contributed by atoms with van der Waals surface area (Å²) >= 11 is 1.47. The third-order valence-electron chi connectivity index (χ3n) is 3.73. The molecule has 2 aromatic rings. The lowest BCUT2D eigenvalue weighted by atomic mass is 10.3. The summed E-state index contributed by atoms with van der Waals surface area (Å²) < 4.78 is 5.02. The maximum absolute atomic E-state index is 12.5. The molecule has 0 bridgehead atoms. The van der Waals surface area contributed by atoms with Gasteiger partial charge in [0.1, 0.15) is 12.3 Å². The highest BCUT2D eigenvalue weighted by Crippen LogP contribution is 2.24. The predicted octanol–water partition coefficient (Wildman–Crippen LogP) is 1.37. The quantitative estimate of drug-likeness (QED) is 0.609. The number of carbonyl (C=O) groups excluding carboxylic acids is 4. The Morgan fingerprint density at radius 1 is 1.12 bits per heavy atom. The summed E-state index contributed by atoms with van der Waals surface area (Å²) in [5.41, 5.74) is 0.232. The molecule has 26 heavy (non-hydrogen) atoms. The predicted molar refractivity (Wildman–Crippen MR) is 93.8 cm³/mol. The normalized spacial score (nSPS) is 14.1. The number of carbonyl (C=O) groups is 4. The van der Waals surface area contributed by atoms with Gasteiger partial charge in [-0.1, -0.05) is 6.07 Å². The number of thiophene rings is 1. The Hall–Kier alpha value is -3.20. The second-order valence-corrected chi connectivity index (χ2v) is 6.40. The van der Waals surface area contributed by atoms with Crippen LogP contribution in [0.25, 0.3) is 0 Å². The summed E-state index contributed by atoms with van der Waals surface area (Å²) in [5.74, 6) is -2.00. The van der Waals surface area contributed by atoms with Gasteiger partial charge in [0.15, 0.2) is 0 Å². The number of hydrogen-bond acceptors (Lipinski definition) is 6. The van der Waals surface area contributed by atoms with E-state index >= 15 is 0 Å². The number of amides is 5. The monoisotopic (exact) mass is 373 g/mol. The van der Waals surface area contributed by atoms with E-state index in [0.717, 1.165) is 9.78 Å². The first kappa shape index (κ1) is 17.6. The van der Waals surface area contributed by atoms with Crippen LogP contribution in [0.1, 0.15) is 4.88 Å². The minimum atomic E-state index is -1.03. The van der Waals surface area contributed by atoms with Crippen LogP contribution in [0.2, 0.25) is 0 Å². The van der Waals surface area contributed by atoms with Gasteiger partial charge >= 0.3 is 17.8 Å². The lowest BCUT2D eigenvalue weighted by molar-refractivity contribution is -0.140. The first-order valence-corrected chi connectivity index (χ1v) is 8.52. The van der Waals surface area contributed by atoms with Crippen molar-refractivity contribution in [1.29, 1.82) is 0 Å². The molecule has 0 unspecified atom stereocenters. The zero-order valence-corrected chi connectivity index (χ0v) is 14.6. The van der Waals surface area contributed by atoms with Crippen molar-refractivity contribution in [3.63, 3.8) is 0 Å². The van der Waals surface area contributed by atoms with Crippen LogP contribution in [0.5, 0.6) is 5.75 Å². The number of urea groups is 1. The number of benzene rings is 1. The van der Waals surface area contributed by atoms with E-state index in [1.54, 1.807) is 12.1 Å². The average Bonchev–Trinajstić information content (AvgIpc) is 3.24.